The van der Waals surface area contributed by atoms with Crippen molar-refractivity contribution in [2.45, 2.75) is 33.0 Å². The van der Waals surface area contributed by atoms with Gasteiger partial charge in [-0.05, 0) is 17.7 Å². The van der Waals surface area contributed by atoms with E-state index in [9.17, 15) is 0 Å². The van der Waals surface area contributed by atoms with Crippen LogP contribution >= 0.6 is 11.6 Å². The van der Waals surface area contributed by atoms with Gasteiger partial charge in [0.25, 0.3) is 0 Å². The lowest BCUT2D eigenvalue weighted by Gasteiger charge is -2.04. The molecule has 0 amide bonds. The maximum Gasteiger partial charge on any atom is 0.164 e. The van der Waals surface area contributed by atoms with Crippen LogP contribution in [0.5, 0.6) is 0 Å². The van der Waals surface area contributed by atoms with Crippen molar-refractivity contribution in [1.29, 1.82) is 0 Å². The van der Waals surface area contributed by atoms with Crippen LogP contribution in [0.25, 0.3) is 0 Å². The fourth-order valence-electron chi connectivity index (χ4n) is 1.61. The van der Waals surface area contributed by atoms with Crippen molar-refractivity contribution < 1.29 is 0 Å². The van der Waals surface area contributed by atoms with Crippen molar-refractivity contribution in [1.82, 2.24) is 20.1 Å². The molecule has 0 radical (unpaired) electrons. The van der Waals surface area contributed by atoms with Crippen LogP contribution in [0.2, 0.25) is 5.02 Å². The van der Waals surface area contributed by atoms with E-state index >= 15 is 0 Å². The van der Waals surface area contributed by atoms with Gasteiger partial charge in [0, 0.05) is 11.1 Å². The van der Waals surface area contributed by atoms with E-state index in [0.29, 0.717) is 19.1 Å². The van der Waals surface area contributed by atoms with Crippen LogP contribution < -0.4 is 5.32 Å². The van der Waals surface area contributed by atoms with Gasteiger partial charge in [-0.15, -0.1) is 0 Å². The average molecular weight is 265 g/mol. The Kier molecular flexibility index (Phi) is 4.33. The molecule has 0 saturated heterocycles. The molecule has 96 valence electrons. The van der Waals surface area contributed by atoms with E-state index < -0.39 is 0 Å². The summed E-state index contributed by atoms with van der Waals surface area (Å²) in [5.41, 5.74) is 1.12. The number of nitrogens with one attached hydrogen (secondary N) is 1. The van der Waals surface area contributed by atoms with Crippen molar-refractivity contribution in [2.75, 3.05) is 0 Å². The maximum atomic E-state index is 5.95. The van der Waals surface area contributed by atoms with Crippen LogP contribution in [0.1, 0.15) is 25.2 Å². The Bertz CT molecular complexity index is 507. The lowest BCUT2D eigenvalue weighted by Crippen LogP contribution is -2.22. The van der Waals surface area contributed by atoms with Gasteiger partial charge in [-0.3, -0.25) is 0 Å². The first kappa shape index (κ1) is 13.1. The summed E-state index contributed by atoms with van der Waals surface area (Å²) in [5, 5.41) is 8.44. The van der Waals surface area contributed by atoms with Gasteiger partial charge in [-0.25, -0.2) is 9.67 Å². The molecule has 0 bridgehead atoms. The number of nitrogens with zero attached hydrogens (tertiary/aromatic N) is 3. The van der Waals surface area contributed by atoms with E-state index in [2.05, 4.69) is 29.2 Å². The van der Waals surface area contributed by atoms with E-state index in [1.54, 1.807) is 6.33 Å². The molecule has 0 aliphatic carbocycles. The Balaban J connectivity index is 1.98. The van der Waals surface area contributed by atoms with Crippen molar-refractivity contribution in [3.63, 3.8) is 0 Å². The monoisotopic (exact) mass is 264 g/mol. The molecule has 18 heavy (non-hydrogen) atoms. The highest BCUT2D eigenvalue weighted by atomic mass is 35.5. The molecule has 5 heteroatoms. The van der Waals surface area contributed by atoms with Gasteiger partial charge in [0.1, 0.15) is 6.33 Å². The van der Waals surface area contributed by atoms with Crippen molar-refractivity contribution in [2.24, 2.45) is 0 Å². The van der Waals surface area contributed by atoms with Gasteiger partial charge in [0.2, 0.25) is 0 Å². The molecule has 0 spiro atoms. The third kappa shape index (κ3) is 3.82. The van der Waals surface area contributed by atoms with Crippen LogP contribution in [-0.4, -0.2) is 20.8 Å². The number of benzene rings is 1. The van der Waals surface area contributed by atoms with E-state index in [4.69, 9.17) is 11.6 Å². The molecule has 0 aliphatic rings. The minimum absolute atomic E-state index is 0.435. The molecule has 1 aromatic heterocycles. The Morgan fingerprint density at radius 3 is 2.94 bits per heavy atom. The molecule has 0 aliphatic heterocycles. The van der Waals surface area contributed by atoms with Gasteiger partial charge in [-0.1, -0.05) is 37.6 Å². The van der Waals surface area contributed by atoms with E-state index in [1.165, 1.54) is 0 Å². The second-order valence-electron chi connectivity index (χ2n) is 4.52. The lowest BCUT2D eigenvalue weighted by atomic mass is 10.2. The molecule has 0 saturated carbocycles. The lowest BCUT2D eigenvalue weighted by molar-refractivity contribution is 0.565. The summed E-state index contributed by atoms with van der Waals surface area (Å²) >= 11 is 5.95. The first-order chi connectivity index (χ1) is 8.63. The average Bonchev–Trinajstić information content (AvgIpc) is 2.74. The quantitative estimate of drug-likeness (QED) is 0.902. The van der Waals surface area contributed by atoms with Gasteiger partial charge in [-0.2, -0.15) is 5.10 Å². The summed E-state index contributed by atoms with van der Waals surface area (Å²) in [5.74, 6) is 0.811. The van der Waals surface area contributed by atoms with E-state index in [1.807, 2.05) is 28.9 Å². The van der Waals surface area contributed by atoms with Crippen molar-refractivity contribution in [3.8, 4) is 0 Å². The molecule has 0 atom stereocenters. The minimum Gasteiger partial charge on any atom is -0.308 e. The molecule has 2 aromatic rings. The van der Waals surface area contributed by atoms with Crippen LogP contribution in [0.3, 0.4) is 0 Å². The molecule has 1 aromatic carbocycles. The zero-order valence-corrected chi connectivity index (χ0v) is 11.4. The molecular formula is C13H17ClN4. The van der Waals surface area contributed by atoms with E-state index in [0.717, 1.165) is 16.4 Å². The summed E-state index contributed by atoms with van der Waals surface area (Å²) in [6.45, 7) is 5.58. The van der Waals surface area contributed by atoms with Crippen molar-refractivity contribution in [3.05, 3.63) is 47.0 Å². The SMILES string of the molecule is CC(C)NCc1ncn(Cc2cccc(Cl)c2)n1. The van der Waals surface area contributed by atoms with Crippen molar-refractivity contribution >= 4 is 11.6 Å². The van der Waals surface area contributed by atoms with E-state index in [-0.39, 0.29) is 0 Å². The fourth-order valence-corrected chi connectivity index (χ4v) is 1.82. The molecule has 1 heterocycles. The minimum atomic E-state index is 0.435. The summed E-state index contributed by atoms with van der Waals surface area (Å²) in [6.07, 6.45) is 1.75. The van der Waals surface area contributed by atoms with Gasteiger partial charge >= 0.3 is 0 Å². The summed E-state index contributed by atoms with van der Waals surface area (Å²) < 4.78 is 1.82. The highest BCUT2D eigenvalue weighted by Crippen LogP contribution is 2.11. The number of hydrogen-bond donors (Lipinski definition) is 1. The zero-order chi connectivity index (χ0) is 13.0. The van der Waals surface area contributed by atoms with Crippen LogP contribution in [-0.2, 0) is 13.1 Å². The molecule has 0 fully saturated rings. The molecule has 2 rings (SSSR count). The van der Waals surface area contributed by atoms with Crippen LogP contribution in [0, 0.1) is 0 Å². The Morgan fingerprint density at radius 2 is 2.22 bits per heavy atom. The first-order valence-electron chi connectivity index (χ1n) is 5.99. The highest BCUT2D eigenvalue weighted by Gasteiger charge is 2.02. The summed E-state index contributed by atoms with van der Waals surface area (Å²) in [7, 11) is 0. The Morgan fingerprint density at radius 1 is 1.39 bits per heavy atom. The molecule has 4 nitrogen and oxygen atoms in total. The van der Waals surface area contributed by atoms with Crippen LogP contribution in [0.4, 0.5) is 0 Å². The highest BCUT2D eigenvalue weighted by molar-refractivity contribution is 6.30. The molecule has 1 N–H and O–H groups in total. The molecular weight excluding hydrogens is 248 g/mol. The standard InChI is InChI=1S/C13H17ClN4/c1-10(2)15-7-13-16-9-18(17-13)8-11-4-3-5-12(14)6-11/h3-6,9-10,15H,7-8H2,1-2H3. The number of halogens is 1. The van der Waals surface area contributed by atoms with Gasteiger partial charge in [0.05, 0.1) is 13.1 Å². The third-order valence-electron chi connectivity index (χ3n) is 2.49. The second-order valence-corrected chi connectivity index (χ2v) is 4.96. The van der Waals surface area contributed by atoms with Gasteiger partial charge in [0.15, 0.2) is 5.82 Å². The zero-order valence-electron chi connectivity index (χ0n) is 10.6. The Labute approximate surface area is 112 Å². The second kappa shape index (κ2) is 5.98. The maximum absolute atomic E-state index is 5.95. The number of aromatic nitrogens is 3. The number of hydrogen-bond acceptors (Lipinski definition) is 3. The largest absolute Gasteiger partial charge is 0.308 e. The Hall–Kier alpha value is -1.39. The third-order valence-corrected chi connectivity index (χ3v) is 2.72. The smallest absolute Gasteiger partial charge is 0.164 e. The summed E-state index contributed by atoms with van der Waals surface area (Å²) in [4.78, 5) is 4.26. The predicted octanol–water partition coefficient (Wildman–Crippen LogP) is 2.48. The van der Waals surface area contributed by atoms with Gasteiger partial charge < -0.3 is 5.32 Å². The summed E-state index contributed by atoms with van der Waals surface area (Å²) in [6, 6.07) is 8.21. The predicted molar refractivity (Wildman–Crippen MR) is 72.6 cm³/mol. The first-order valence-corrected chi connectivity index (χ1v) is 6.37. The topological polar surface area (TPSA) is 42.7 Å². The number of rotatable bonds is 5. The van der Waals surface area contributed by atoms with Crippen LogP contribution in [0.15, 0.2) is 30.6 Å². The molecule has 0 unspecified atom stereocenters. The normalized spacial score (nSPS) is 11.1. The fraction of sp³-hybridized carbons (Fsp3) is 0.385.